The summed E-state index contributed by atoms with van der Waals surface area (Å²) < 4.78 is 0. The lowest BCUT2D eigenvalue weighted by atomic mass is 10.1. The van der Waals surface area contributed by atoms with Gasteiger partial charge in [-0.3, -0.25) is 14.8 Å². The van der Waals surface area contributed by atoms with E-state index in [-0.39, 0.29) is 6.61 Å². The molecule has 0 heterocycles. The molecule has 0 fully saturated rings. The van der Waals surface area contributed by atoms with Gasteiger partial charge in [0.2, 0.25) is 0 Å². The van der Waals surface area contributed by atoms with E-state index in [1.165, 1.54) is 5.48 Å². The van der Waals surface area contributed by atoms with Gasteiger partial charge in [-0.05, 0) is 49.5 Å². The number of rotatable bonds is 6. The minimum Gasteiger partial charge on any atom is -0.396 e. The van der Waals surface area contributed by atoms with E-state index >= 15 is 0 Å². The molecule has 0 bridgehead atoms. The molecule has 0 aliphatic carbocycles. The van der Waals surface area contributed by atoms with E-state index in [1.54, 1.807) is 31.2 Å². The Hall–Kier alpha value is -2.84. The van der Waals surface area contributed by atoms with Crippen molar-refractivity contribution >= 4 is 11.8 Å². The smallest absolute Gasteiger partial charge is 0.267 e. The van der Waals surface area contributed by atoms with Crippen LogP contribution in [-0.4, -0.2) is 40.8 Å². The van der Waals surface area contributed by atoms with Crippen LogP contribution in [0.25, 0.3) is 0 Å². The fraction of sp³-hybridized carbons (Fsp3) is 0.333. The quantitative estimate of drug-likeness (QED) is 0.211. The zero-order chi connectivity index (χ0) is 18.7. The number of amides is 2. The van der Waals surface area contributed by atoms with Crippen LogP contribution >= 0.6 is 0 Å². The molecule has 1 aromatic rings. The standard InChI is InChI=1S/C18H21N3O4/c1-13(19)16(18(24)21-25)20-17(23)15-10-8-14(9-11-15)7-5-3-2-4-6-12-22/h8-11,13,16,22,25H,4,6,12,19H2,1H3,(H,20,23)(H,21,24)/t13-,16+/m1/s1. The number of aliphatic hydroxyl groups is 1. The summed E-state index contributed by atoms with van der Waals surface area (Å²) in [5, 5.41) is 19.8. The minimum atomic E-state index is -1.05. The number of hydrogen-bond acceptors (Lipinski definition) is 5. The van der Waals surface area contributed by atoms with Crippen molar-refractivity contribution in [1.82, 2.24) is 10.8 Å². The van der Waals surface area contributed by atoms with Crippen molar-refractivity contribution in [3.63, 3.8) is 0 Å². The van der Waals surface area contributed by atoms with Gasteiger partial charge in [-0.25, -0.2) is 5.48 Å². The van der Waals surface area contributed by atoms with Crippen molar-refractivity contribution in [2.45, 2.75) is 31.8 Å². The number of hydroxylamine groups is 1. The molecule has 25 heavy (non-hydrogen) atoms. The Bertz CT molecular complexity index is 706. The van der Waals surface area contributed by atoms with E-state index in [1.807, 2.05) is 0 Å². The summed E-state index contributed by atoms with van der Waals surface area (Å²) in [4.78, 5) is 23.6. The molecular weight excluding hydrogens is 322 g/mol. The van der Waals surface area contributed by atoms with Gasteiger partial charge in [0.25, 0.3) is 11.8 Å². The molecule has 0 aliphatic heterocycles. The van der Waals surface area contributed by atoms with E-state index in [0.717, 1.165) is 0 Å². The molecule has 2 atom stereocenters. The van der Waals surface area contributed by atoms with Crippen molar-refractivity contribution in [3.05, 3.63) is 35.4 Å². The Morgan fingerprint density at radius 3 is 2.48 bits per heavy atom. The molecule has 1 aromatic carbocycles. The van der Waals surface area contributed by atoms with Gasteiger partial charge in [-0.2, -0.15) is 0 Å². The van der Waals surface area contributed by atoms with Crippen LogP contribution in [0.2, 0.25) is 0 Å². The van der Waals surface area contributed by atoms with E-state index < -0.39 is 23.9 Å². The van der Waals surface area contributed by atoms with Gasteiger partial charge in [0.05, 0.1) is 0 Å². The number of carbonyl (C=O) groups excluding carboxylic acids is 2. The number of aliphatic hydroxyl groups excluding tert-OH is 1. The average molecular weight is 343 g/mol. The number of hydrogen-bond donors (Lipinski definition) is 5. The highest BCUT2D eigenvalue weighted by atomic mass is 16.5. The van der Waals surface area contributed by atoms with Crippen molar-refractivity contribution in [2.75, 3.05) is 6.61 Å². The highest BCUT2D eigenvalue weighted by Gasteiger charge is 2.24. The van der Waals surface area contributed by atoms with Crippen LogP contribution < -0.4 is 16.5 Å². The molecule has 2 amide bonds. The van der Waals surface area contributed by atoms with E-state index in [2.05, 4.69) is 29.0 Å². The zero-order valence-electron chi connectivity index (χ0n) is 13.9. The Balaban J connectivity index is 2.71. The zero-order valence-corrected chi connectivity index (χ0v) is 13.9. The summed E-state index contributed by atoms with van der Waals surface area (Å²) in [7, 11) is 0. The first-order chi connectivity index (χ1) is 12.0. The van der Waals surface area contributed by atoms with Gasteiger partial charge >= 0.3 is 0 Å². The number of unbranched alkanes of at least 4 members (excludes halogenated alkanes) is 1. The molecule has 7 heteroatoms. The summed E-state index contributed by atoms with van der Waals surface area (Å²) in [6.07, 6.45) is 1.21. The lowest BCUT2D eigenvalue weighted by Crippen LogP contribution is -2.54. The molecule has 0 saturated heterocycles. The van der Waals surface area contributed by atoms with Crippen LogP contribution in [0, 0.1) is 23.7 Å². The summed E-state index contributed by atoms with van der Waals surface area (Å²) >= 11 is 0. The van der Waals surface area contributed by atoms with Crippen LogP contribution in [0.15, 0.2) is 24.3 Å². The average Bonchev–Trinajstić information content (AvgIpc) is 2.62. The highest BCUT2D eigenvalue weighted by Crippen LogP contribution is 2.04. The van der Waals surface area contributed by atoms with E-state index in [9.17, 15) is 9.59 Å². The SMILES string of the molecule is C[C@@H](N)[C@H](NC(=O)c1ccc(C#CC#CCCCO)cc1)C(=O)NO. The lowest BCUT2D eigenvalue weighted by Gasteiger charge is -2.19. The van der Waals surface area contributed by atoms with E-state index in [0.29, 0.717) is 24.0 Å². The van der Waals surface area contributed by atoms with Gasteiger partial charge < -0.3 is 16.2 Å². The molecule has 0 radical (unpaired) electrons. The van der Waals surface area contributed by atoms with Gasteiger partial charge in [0.1, 0.15) is 6.04 Å². The maximum Gasteiger partial charge on any atom is 0.267 e. The third kappa shape index (κ3) is 7.06. The van der Waals surface area contributed by atoms with Crippen molar-refractivity contribution in [2.24, 2.45) is 5.73 Å². The maximum atomic E-state index is 12.1. The molecule has 0 aliphatic rings. The molecule has 6 N–H and O–H groups in total. The van der Waals surface area contributed by atoms with Gasteiger partial charge in [0, 0.05) is 30.2 Å². The Labute approximate surface area is 146 Å². The van der Waals surface area contributed by atoms with Crippen LogP contribution in [-0.2, 0) is 4.79 Å². The Morgan fingerprint density at radius 2 is 1.92 bits per heavy atom. The number of benzene rings is 1. The maximum absolute atomic E-state index is 12.1. The lowest BCUT2D eigenvalue weighted by molar-refractivity contribution is -0.131. The molecule has 0 saturated carbocycles. The van der Waals surface area contributed by atoms with Crippen molar-refractivity contribution in [3.8, 4) is 23.7 Å². The molecule has 1 rings (SSSR count). The van der Waals surface area contributed by atoms with Crippen molar-refractivity contribution in [1.29, 1.82) is 0 Å². The van der Waals surface area contributed by atoms with Gasteiger partial charge in [-0.15, -0.1) is 0 Å². The van der Waals surface area contributed by atoms with Crippen molar-refractivity contribution < 1.29 is 19.9 Å². The predicted molar refractivity (Wildman–Crippen MR) is 92.2 cm³/mol. The highest BCUT2D eigenvalue weighted by molar-refractivity contribution is 5.97. The summed E-state index contributed by atoms with van der Waals surface area (Å²) in [6, 6.07) is 4.72. The topological polar surface area (TPSA) is 125 Å². The van der Waals surface area contributed by atoms with Crippen LogP contribution in [0.3, 0.4) is 0 Å². The first kappa shape index (κ1) is 20.2. The largest absolute Gasteiger partial charge is 0.396 e. The Kier molecular flexibility index (Phi) is 8.77. The second-order valence-corrected chi connectivity index (χ2v) is 5.24. The molecule has 0 spiro atoms. The van der Waals surface area contributed by atoms with Gasteiger partial charge in [0.15, 0.2) is 0 Å². The fourth-order valence-corrected chi connectivity index (χ4v) is 1.81. The van der Waals surface area contributed by atoms with Crippen LogP contribution in [0.5, 0.6) is 0 Å². The number of nitrogens with two attached hydrogens (primary N) is 1. The minimum absolute atomic E-state index is 0.107. The molecular formula is C18H21N3O4. The predicted octanol–water partition coefficient (Wildman–Crippen LogP) is -0.235. The first-order valence-corrected chi connectivity index (χ1v) is 7.69. The monoisotopic (exact) mass is 343 g/mol. The van der Waals surface area contributed by atoms with Crippen LogP contribution in [0.4, 0.5) is 0 Å². The molecule has 7 nitrogen and oxygen atoms in total. The molecule has 0 unspecified atom stereocenters. The molecule has 0 aromatic heterocycles. The number of nitrogens with one attached hydrogen (secondary N) is 2. The first-order valence-electron chi connectivity index (χ1n) is 7.69. The third-order valence-electron chi connectivity index (χ3n) is 3.17. The Morgan fingerprint density at radius 1 is 1.24 bits per heavy atom. The summed E-state index contributed by atoms with van der Waals surface area (Å²) in [5.41, 5.74) is 8.12. The third-order valence-corrected chi connectivity index (χ3v) is 3.17. The summed E-state index contributed by atoms with van der Waals surface area (Å²) in [5.74, 6) is 9.75. The second kappa shape index (κ2) is 10.8. The normalized spacial score (nSPS) is 11.8. The molecule has 132 valence electrons. The summed E-state index contributed by atoms with van der Waals surface area (Å²) in [6.45, 7) is 1.65. The second-order valence-electron chi connectivity index (χ2n) is 5.24. The number of carbonyl (C=O) groups is 2. The van der Waals surface area contributed by atoms with Crippen LogP contribution in [0.1, 0.15) is 35.7 Å². The van der Waals surface area contributed by atoms with E-state index in [4.69, 9.17) is 16.0 Å². The van der Waals surface area contributed by atoms with Gasteiger partial charge in [-0.1, -0.05) is 11.8 Å². The fourth-order valence-electron chi connectivity index (χ4n) is 1.81.